The lowest BCUT2D eigenvalue weighted by Crippen LogP contribution is -2.52. The zero-order valence-electron chi connectivity index (χ0n) is 9.20. The summed E-state index contributed by atoms with van der Waals surface area (Å²) in [5.41, 5.74) is 0.0593. The molecule has 2 saturated heterocycles. The van der Waals surface area contributed by atoms with Gasteiger partial charge in [-0.25, -0.2) is 0 Å². The number of nitrogens with zero attached hydrogens (tertiary/aromatic N) is 1. The summed E-state index contributed by atoms with van der Waals surface area (Å²) in [6.45, 7) is 9.75. The van der Waals surface area contributed by atoms with Crippen molar-refractivity contribution in [1.29, 1.82) is 0 Å². The van der Waals surface area contributed by atoms with Crippen molar-refractivity contribution in [2.24, 2.45) is 17.3 Å². The molecule has 2 atom stereocenters. The Morgan fingerprint density at radius 2 is 1.86 bits per heavy atom. The van der Waals surface area contributed by atoms with Gasteiger partial charge in [-0.15, -0.1) is 0 Å². The Balaban J connectivity index is 1.86. The topological polar surface area (TPSA) is 32.7 Å². The van der Waals surface area contributed by atoms with Gasteiger partial charge in [0.1, 0.15) is 0 Å². The highest BCUT2D eigenvalue weighted by Crippen LogP contribution is 2.31. The Morgan fingerprint density at radius 1 is 1.29 bits per heavy atom. The first kappa shape index (κ1) is 10.4. The zero-order valence-corrected chi connectivity index (χ0v) is 9.20. The second kappa shape index (κ2) is 3.80. The van der Waals surface area contributed by atoms with Crippen LogP contribution in [0, 0.1) is 17.3 Å². The number of ether oxygens (including phenoxy) is 1. The molecule has 0 amide bonds. The van der Waals surface area contributed by atoms with Crippen LogP contribution in [0.4, 0.5) is 0 Å². The maximum absolute atomic E-state index is 9.32. The maximum Gasteiger partial charge on any atom is 0.0579 e. The molecule has 2 fully saturated rings. The Bertz CT molecular complexity index is 188. The second-order valence-electron chi connectivity index (χ2n) is 5.30. The van der Waals surface area contributed by atoms with Crippen LogP contribution in [-0.2, 0) is 4.74 Å². The molecular formula is C11H21NO2. The molecule has 3 heteroatoms. The smallest absolute Gasteiger partial charge is 0.0579 e. The van der Waals surface area contributed by atoms with Gasteiger partial charge < -0.3 is 14.7 Å². The minimum Gasteiger partial charge on any atom is -0.396 e. The number of aliphatic hydroxyl groups is 1. The lowest BCUT2D eigenvalue weighted by atomic mass is 9.86. The van der Waals surface area contributed by atoms with Gasteiger partial charge >= 0.3 is 0 Å². The fourth-order valence-electron chi connectivity index (χ4n) is 2.48. The van der Waals surface area contributed by atoms with Crippen molar-refractivity contribution >= 4 is 0 Å². The first-order chi connectivity index (χ1) is 6.65. The molecule has 0 aromatic heterocycles. The highest BCUT2D eigenvalue weighted by atomic mass is 16.5. The van der Waals surface area contributed by atoms with Gasteiger partial charge in [0.2, 0.25) is 0 Å². The lowest BCUT2D eigenvalue weighted by Gasteiger charge is -2.42. The highest BCUT2D eigenvalue weighted by molar-refractivity contribution is 4.91. The maximum atomic E-state index is 9.32. The quantitative estimate of drug-likeness (QED) is 0.722. The standard InChI is InChI=1S/C11H21NO2/c1-9-3-12(4-10(9)2)5-11(6-13)7-14-8-11/h9-10,13H,3-8H2,1-2H3. The van der Waals surface area contributed by atoms with Crippen LogP contribution in [0.5, 0.6) is 0 Å². The molecule has 0 bridgehead atoms. The SMILES string of the molecule is CC1CN(CC2(CO)COC2)CC1C. The Morgan fingerprint density at radius 3 is 2.21 bits per heavy atom. The molecule has 82 valence electrons. The van der Waals surface area contributed by atoms with Crippen LogP contribution in [0.2, 0.25) is 0 Å². The van der Waals surface area contributed by atoms with Crippen LogP contribution in [0.25, 0.3) is 0 Å². The van der Waals surface area contributed by atoms with E-state index in [9.17, 15) is 5.11 Å². The summed E-state index contributed by atoms with van der Waals surface area (Å²) in [7, 11) is 0. The van der Waals surface area contributed by atoms with Gasteiger partial charge in [0.25, 0.3) is 0 Å². The number of hydrogen-bond donors (Lipinski definition) is 1. The monoisotopic (exact) mass is 199 g/mol. The van der Waals surface area contributed by atoms with E-state index in [1.807, 2.05) is 0 Å². The Kier molecular flexibility index (Phi) is 2.82. The number of hydrogen-bond acceptors (Lipinski definition) is 3. The molecule has 0 aliphatic carbocycles. The summed E-state index contributed by atoms with van der Waals surface area (Å²) >= 11 is 0. The van der Waals surface area contributed by atoms with Gasteiger partial charge in [-0.3, -0.25) is 0 Å². The molecule has 2 heterocycles. The van der Waals surface area contributed by atoms with Gasteiger partial charge in [-0.05, 0) is 11.8 Å². The van der Waals surface area contributed by atoms with Crippen molar-refractivity contribution in [3.63, 3.8) is 0 Å². The summed E-state index contributed by atoms with van der Waals surface area (Å²) in [5, 5.41) is 9.32. The van der Waals surface area contributed by atoms with Gasteiger partial charge in [0.05, 0.1) is 25.2 Å². The minimum atomic E-state index is 0.0593. The third kappa shape index (κ3) is 1.81. The summed E-state index contributed by atoms with van der Waals surface area (Å²) in [5.74, 6) is 1.60. The van der Waals surface area contributed by atoms with E-state index in [0.29, 0.717) is 0 Å². The van der Waals surface area contributed by atoms with E-state index in [4.69, 9.17) is 4.74 Å². The van der Waals surface area contributed by atoms with Crippen LogP contribution < -0.4 is 0 Å². The van der Waals surface area contributed by atoms with E-state index in [2.05, 4.69) is 18.7 Å². The van der Waals surface area contributed by atoms with Gasteiger partial charge in [0, 0.05) is 19.6 Å². The van der Waals surface area contributed by atoms with Crippen molar-refractivity contribution in [2.75, 3.05) is 39.5 Å². The molecule has 0 aromatic rings. The molecule has 1 N–H and O–H groups in total. The molecule has 2 unspecified atom stereocenters. The number of aliphatic hydroxyl groups excluding tert-OH is 1. The van der Waals surface area contributed by atoms with Crippen LogP contribution in [0.15, 0.2) is 0 Å². The van der Waals surface area contributed by atoms with Gasteiger partial charge in [-0.2, -0.15) is 0 Å². The van der Waals surface area contributed by atoms with Gasteiger partial charge in [-0.1, -0.05) is 13.8 Å². The third-order valence-corrected chi connectivity index (χ3v) is 3.77. The minimum absolute atomic E-state index is 0.0593. The molecule has 0 radical (unpaired) electrons. The predicted octanol–water partition coefficient (Wildman–Crippen LogP) is 0.583. The molecule has 14 heavy (non-hydrogen) atoms. The van der Waals surface area contributed by atoms with Crippen molar-refractivity contribution < 1.29 is 9.84 Å². The van der Waals surface area contributed by atoms with Gasteiger partial charge in [0.15, 0.2) is 0 Å². The third-order valence-electron chi connectivity index (χ3n) is 3.77. The Labute approximate surface area is 86.0 Å². The van der Waals surface area contributed by atoms with Crippen LogP contribution >= 0.6 is 0 Å². The van der Waals surface area contributed by atoms with Crippen LogP contribution in [0.3, 0.4) is 0 Å². The van der Waals surface area contributed by atoms with Crippen molar-refractivity contribution in [3.05, 3.63) is 0 Å². The van der Waals surface area contributed by atoms with Crippen molar-refractivity contribution in [2.45, 2.75) is 13.8 Å². The fourth-order valence-corrected chi connectivity index (χ4v) is 2.48. The normalized spacial score (nSPS) is 37.1. The highest BCUT2D eigenvalue weighted by Gasteiger charge is 2.41. The molecule has 0 spiro atoms. The molecule has 2 rings (SSSR count). The molecule has 0 aromatic carbocycles. The van der Waals surface area contributed by atoms with E-state index in [1.54, 1.807) is 0 Å². The van der Waals surface area contributed by atoms with E-state index < -0.39 is 0 Å². The molecule has 2 aliphatic heterocycles. The summed E-state index contributed by atoms with van der Waals surface area (Å²) < 4.78 is 5.21. The summed E-state index contributed by atoms with van der Waals surface area (Å²) in [6.07, 6.45) is 0. The van der Waals surface area contributed by atoms with E-state index in [-0.39, 0.29) is 12.0 Å². The largest absolute Gasteiger partial charge is 0.396 e. The number of rotatable bonds is 3. The fraction of sp³-hybridized carbons (Fsp3) is 1.00. The van der Waals surface area contributed by atoms with Crippen LogP contribution in [0.1, 0.15) is 13.8 Å². The first-order valence-electron chi connectivity index (χ1n) is 5.56. The molecular weight excluding hydrogens is 178 g/mol. The first-order valence-corrected chi connectivity index (χ1v) is 5.56. The second-order valence-corrected chi connectivity index (χ2v) is 5.30. The van der Waals surface area contributed by atoms with E-state index >= 15 is 0 Å². The van der Waals surface area contributed by atoms with Crippen molar-refractivity contribution in [1.82, 2.24) is 4.90 Å². The Hall–Kier alpha value is -0.120. The van der Waals surface area contributed by atoms with Crippen molar-refractivity contribution in [3.8, 4) is 0 Å². The summed E-state index contributed by atoms with van der Waals surface area (Å²) in [6, 6.07) is 0. The summed E-state index contributed by atoms with van der Waals surface area (Å²) in [4.78, 5) is 2.48. The van der Waals surface area contributed by atoms with Crippen LogP contribution in [-0.4, -0.2) is 49.5 Å². The zero-order chi connectivity index (χ0) is 10.2. The lowest BCUT2D eigenvalue weighted by molar-refractivity contribution is -0.146. The predicted molar refractivity (Wildman–Crippen MR) is 55.1 cm³/mol. The average molecular weight is 199 g/mol. The van der Waals surface area contributed by atoms with E-state index in [0.717, 1.165) is 31.6 Å². The number of likely N-dealkylation sites (tertiary alicyclic amines) is 1. The molecule has 0 saturated carbocycles. The molecule has 2 aliphatic rings. The van der Waals surface area contributed by atoms with E-state index in [1.165, 1.54) is 13.1 Å². The molecule has 3 nitrogen and oxygen atoms in total. The average Bonchev–Trinajstić information content (AvgIpc) is 2.39.